The van der Waals surface area contributed by atoms with Gasteiger partial charge in [0.25, 0.3) is 0 Å². The smallest absolute Gasteiger partial charge is 0.338 e. The summed E-state index contributed by atoms with van der Waals surface area (Å²) < 4.78 is 9.79. The minimum Gasteiger partial charge on any atom is -0.463 e. The summed E-state index contributed by atoms with van der Waals surface area (Å²) in [4.78, 5) is 23.4. The maximum Gasteiger partial charge on any atom is 0.338 e. The van der Waals surface area contributed by atoms with Gasteiger partial charge in [0, 0.05) is 6.08 Å². The molecular weight excluding hydrogens is 244 g/mol. The van der Waals surface area contributed by atoms with Gasteiger partial charge in [-0.2, -0.15) is 0 Å². The third-order valence-electron chi connectivity index (χ3n) is 2.37. The van der Waals surface area contributed by atoms with Crippen LogP contribution in [0.15, 0.2) is 30.3 Å². The van der Waals surface area contributed by atoms with E-state index in [1.807, 2.05) is 25.1 Å². The van der Waals surface area contributed by atoms with Gasteiger partial charge < -0.3 is 9.47 Å². The van der Waals surface area contributed by atoms with Crippen molar-refractivity contribution in [3.05, 3.63) is 41.5 Å². The molecule has 4 heteroatoms. The van der Waals surface area contributed by atoms with E-state index in [0.717, 1.165) is 5.56 Å². The predicted octanol–water partition coefficient (Wildman–Crippen LogP) is 2.50. The summed E-state index contributed by atoms with van der Waals surface area (Å²) in [5.74, 6) is -1.08. The van der Waals surface area contributed by atoms with Gasteiger partial charge in [0.1, 0.15) is 0 Å². The molecule has 0 aliphatic rings. The zero-order valence-electron chi connectivity index (χ0n) is 11.4. The van der Waals surface area contributed by atoms with Crippen molar-refractivity contribution in [3.8, 4) is 0 Å². The number of hydrogen-bond acceptors (Lipinski definition) is 4. The first-order valence-corrected chi connectivity index (χ1v) is 6.21. The van der Waals surface area contributed by atoms with E-state index in [1.54, 1.807) is 19.9 Å². The molecule has 0 aromatic heterocycles. The standard InChI is InChI=1S/C15H18O4/c1-4-18-14(16)10-13(15(17)19-5-2)12-8-6-7-11(3)9-12/h6-10H,4-5H2,1-3H3/b13-10+. The Morgan fingerprint density at radius 2 is 1.84 bits per heavy atom. The lowest BCUT2D eigenvalue weighted by Gasteiger charge is -2.08. The van der Waals surface area contributed by atoms with Crippen LogP contribution in [0.5, 0.6) is 0 Å². The van der Waals surface area contributed by atoms with E-state index in [0.29, 0.717) is 5.56 Å². The van der Waals surface area contributed by atoms with Crippen molar-refractivity contribution in [1.29, 1.82) is 0 Å². The van der Waals surface area contributed by atoms with E-state index in [-0.39, 0.29) is 18.8 Å². The van der Waals surface area contributed by atoms with Gasteiger partial charge in [0.05, 0.1) is 18.8 Å². The zero-order valence-corrected chi connectivity index (χ0v) is 11.4. The van der Waals surface area contributed by atoms with Crippen molar-refractivity contribution < 1.29 is 19.1 Å². The highest BCUT2D eigenvalue weighted by Gasteiger charge is 2.15. The van der Waals surface area contributed by atoms with Crippen LogP contribution >= 0.6 is 0 Å². The van der Waals surface area contributed by atoms with E-state index in [2.05, 4.69) is 0 Å². The van der Waals surface area contributed by atoms with E-state index in [4.69, 9.17) is 9.47 Å². The quantitative estimate of drug-likeness (QED) is 0.604. The molecule has 0 aliphatic heterocycles. The Hall–Kier alpha value is -2.10. The largest absolute Gasteiger partial charge is 0.463 e. The van der Waals surface area contributed by atoms with Crippen LogP contribution in [-0.4, -0.2) is 25.2 Å². The Kier molecular flexibility index (Phi) is 5.79. The summed E-state index contributed by atoms with van der Waals surface area (Å²) in [6.45, 7) is 5.86. The summed E-state index contributed by atoms with van der Waals surface area (Å²) in [6.07, 6.45) is 1.18. The van der Waals surface area contributed by atoms with Crippen LogP contribution in [0.3, 0.4) is 0 Å². The number of carbonyl (C=O) groups excluding carboxylic acids is 2. The first-order chi connectivity index (χ1) is 9.08. The lowest BCUT2D eigenvalue weighted by atomic mass is 10.0. The zero-order chi connectivity index (χ0) is 14.3. The Morgan fingerprint density at radius 3 is 2.42 bits per heavy atom. The SMILES string of the molecule is CCOC(=O)/C=C(/C(=O)OCC)c1cccc(C)c1. The highest BCUT2D eigenvalue weighted by Crippen LogP contribution is 2.18. The molecule has 1 aromatic carbocycles. The summed E-state index contributed by atoms with van der Waals surface area (Å²) in [5.41, 5.74) is 1.85. The molecule has 0 N–H and O–H groups in total. The average molecular weight is 262 g/mol. The maximum absolute atomic E-state index is 11.9. The molecule has 0 amide bonds. The highest BCUT2D eigenvalue weighted by atomic mass is 16.5. The first kappa shape index (κ1) is 15.0. The Morgan fingerprint density at radius 1 is 1.16 bits per heavy atom. The molecule has 1 rings (SSSR count). The Balaban J connectivity index is 3.12. The number of ether oxygens (including phenoxy) is 2. The van der Waals surface area contributed by atoms with Gasteiger partial charge in [-0.05, 0) is 26.3 Å². The summed E-state index contributed by atoms with van der Waals surface area (Å²) in [6, 6.07) is 7.32. The van der Waals surface area contributed by atoms with Crippen molar-refractivity contribution in [2.45, 2.75) is 20.8 Å². The number of benzene rings is 1. The van der Waals surface area contributed by atoms with Crippen molar-refractivity contribution in [3.63, 3.8) is 0 Å². The number of esters is 2. The van der Waals surface area contributed by atoms with Crippen molar-refractivity contribution in [2.24, 2.45) is 0 Å². The summed E-state index contributed by atoms with van der Waals surface area (Å²) in [7, 11) is 0. The number of hydrogen-bond donors (Lipinski definition) is 0. The molecule has 0 atom stereocenters. The second-order valence-corrected chi connectivity index (χ2v) is 3.90. The van der Waals surface area contributed by atoms with E-state index < -0.39 is 11.9 Å². The fourth-order valence-corrected chi connectivity index (χ4v) is 1.58. The second-order valence-electron chi connectivity index (χ2n) is 3.90. The molecule has 19 heavy (non-hydrogen) atoms. The molecule has 1 aromatic rings. The van der Waals surface area contributed by atoms with Crippen LogP contribution in [0, 0.1) is 6.92 Å². The fourth-order valence-electron chi connectivity index (χ4n) is 1.58. The van der Waals surface area contributed by atoms with Crippen LogP contribution in [-0.2, 0) is 19.1 Å². The number of rotatable bonds is 5. The summed E-state index contributed by atoms with van der Waals surface area (Å²) in [5, 5.41) is 0. The van der Waals surface area contributed by atoms with E-state index in [9.17, 15) is 9.59 Å². The minimum atomic E-state index is -0.549. The summed E-state index contributed by atoms with van der Waals surface area (Å²) >= 11 is 0. The minimum absolute atomic E-state index is 0.212. The molecule has 0 heterocycles. The molecule has 4 nitrogen and oxygen atoms in total. The monoisotopic (exact) mass is 262 g/mol. The van der Waals surface area contributed by atoms with E-state index in [1.165, 1.54) is 6.08 Å². The van der Waals surface area contributed by atoms with Gasteiger partial charge in [0.2, 0.25) is 0 Å². The van der Waals surface area contributed by atoms with Gasteiger partial charge >= 0.3 is 11.9 Å². The Labute approximate surface area is 113 Å². The molecule has 0 unspecified atom stereocenters. The third-order valence-corrected chi connectivity index (χ3v) is 2.37. The Bertz CT molecular complexity index is 489. The second kappa shape index (κ2) is 7.36. The van der Waals surface area contributed by atoms with Gasteiger partial charge in [0.15, 0.2) is 0 Å². The van der Waals surface area contributed by atoms with Crippen LogP contribution in [0.1, 0.15) is 25.0 Å². The molecule has 0 saturated heterocycles. The molecule has 0 aliphatic carbocycles. The fraction of sp³-hybridized carbons (Fsp3) is 0.333. The topological polar surface area (TPSA) is 52.6 Å². The maximum atomic E-state index is 11.9. The number of carbonyl (C=O) groups is 2. The average Bonchev–Trinajstić information content (AvgIpc) is 2.36. The van der Waals surface area contributed by atoms with Gasteiger partial charge in [-0.3, -0.25) is 0 Å². The molecule has 102 valence electrons. The van der Waals surface area contributed by atoms with Crippen molar-refractivity contribution in [2.75, 3.05) is 13.2 Å². The highest BCUT2D eigenvalue weighted by molar-refractivity contribution is 6.20. The predicted molar refractivity (Wildman–Crippen MR) is 72.4 cm³/mol. The van der Waals surface area contributed by atoms with Crippen LogP contribution in [0.4, 0.5) is 0 Å². The molecule has 0 bridgehead atoms. The van der Waals surface area contributed by atoms with E-state index >= 15 is 0 Å². The van der Waals surface area contributed by atoms with Crippen molar-refractivity contribution >= 4 is 17.5 Å². The van der Waals surface area contributed by atoms with Crippen LogP contribution in [0.25, 0.3) is 5.57 Å². The molecule has 0 fully saturated rings. The lowest BCUT2D eigenvalue weighted by Crippen LogP contribution is -2.10. The normalized spacial score (nSPS) is 11.0. The molecular formula is C15H18O4. The van der Waals surface area contributed by atoms with Gasteiger partial charge in [-0.15, -0.1) is 0 Å². The lowest BCUT2D eigenvalue weighted by molar-refractivity contribution is -0.139. The third kappa shape index (κ3) is 4.58. The van der Waals surface area contributed by atoms with Gasteiger partial charge in [-0.25, -0.2) is 9.59 Å². The molecule has 0 radical (unpaired) electrons. The number of aryl methyl sites for hydroxylation is 1. The first-order valence-electron chi connectivity index (χ1n) is 6.21. The van der Waals surface area contributed by atoms with Crippen LogP contribution in [0.2, 0.25) is 0 Å². The molecule has 0 saturated carbocycles. The van der Waals surface area contributed by atoms with Crippen molar-refractivity contribution in [1.82, 2.24) is 0 Å². The van der Waals surface area contributed by atoms with Crippen LogP contribution < -0.4 is 0 Å². The van der Waals surface area contributed by atoms with Gasteiger partial charge in [-0.1, -0.05) is 29.8 Å². The molecule has 0 spiro atoms.